The molecule has 0 saturated heterocycles. The van der Waals surface area contributed by atoms with Crippen LogP contribution < -0.4 is 15.8 Å². The number of fused-ring (bicyclic) bond motifs is 1. The van der Waals surface area contributed by atoms with Gasteiger partial charge in [0.25, 0.3) is 0 Å². The van der Waals surface area contributed by atoms with Crippen LogP contribution in [0.25, 0.3) is 11.0 Å². The first-order valence-corrected chi connectivity index (χ1v) is 6.03. The molecule has 4 N–H and O–H groups in total. The van der Waals surface area contributed by atoms with Gasteiger partial charge in [-0.2, -0.15) is 20.3 Å². The molecule has 0 aliphatic carbocycles. The van der Waals surface area contributed by atoms with Gasteiger partial charge in [0.1, 0.15) is 11.6 Å². The molecule has 2 heterocycles. The van der Waals surface area contributed by atoms with E-state index in [9.17, 15) is 0 Å². The summed E-state index contributed by atoms with van der Waals surface area (Å²) in [6.07, 6.45) is 1.60. The number of hydrogen-bond donors (Lipinski definition) is 3. The Morgan fingerprint density at radius 1 is 1.38 bits per heavy atom. The highest BCUT2D eigenvalue weighted by Crippen LogP contribution is 2.30. The molecule has 21 heavy (non-hydrogen) atoms. The number of nitrogens with one attached hydrogen (secondary N) is 2. The minimum atomic E-state index is 0.127. The number of rotatable bonds is 3. The zero-order chi connectivity index (χ0) is 14.8. The molecule has 0 aliphatic rings. The minimum Gasteiger partial charge on any atom is -0.495 e. The Morgan fingerprint density at radius 3 is 3.00 bits per heavy atom. The van der Waals surface area contributed by atoms with E-state index in [1.54, 1.807) is 24.4 Å². The van der Waals surface area contributed by atoms with Gasteiger partial charge in [-0.1, -0.05) is 0 Å². The topological polar surface area (TPSA) is 126 Å². The smallest absolute Gasteiger partial charge is 0.224 e. The Kier molecular flexibility index (Phi) is 3.00. The highest BCUT2D eigenvalue weighted by molar-refractivity contribution is 5.89. The maximum absolute atomic E-state index is 8.91. The largest absolute Gasteiger partial charge is 0.495 e. The standard InChI is InChI=1S/C13H11N7O/c1-21-10-4-7(5-14)2-3-9(10)17-11-8-6-16-20-12(8)19-13(15)18-11/h2-4,6H,1H3,(H4,15,16,17,18,19,20). The van der Waals surface area contributed by atoms with Gasteiger partial charge in [0.15, 0.2) is 5.65 Å². The number of anilines is 3. The highest BCUT2D eigenvalue weighted by Gasteiger charge is 2.11. The Balaban J connectivity index is 2.06. The lowest BCUT2D eigenvalue weighted by molar-refractivity contribution is 0.416. The van der Waals surface area contributed by atoms with Crippen LogP contribution in [0.2, 0.25) is 0 Å². The lowest BCUT2D eigenvalue weighted by Crippen LogP contribution is -2.02. The van der Waals surface area contributed by atoms with Crippen molar-refractivity contribution in [2.75, 3.05) is 18.2 Å². The predicted octanol–water partition coefficient (Wildman–Crippen LogP) is 1.56. The molecule has 104 valence electrons. The van der Waals surface area contributed by atoms with Gasteiger partial charge in [-0.3, -0.25) is 5.10 Å². The molecule has 8 nitrogen and oxygen atoms in total. The van der Waals surface area contributed by atoms with Crippen LogP contribution in [0.15, 0.2) is 24.4 Å². The zero-order valence-electron chi connectivity index (χ0n) is 11.1. The fourth-order valence-electron chi connectivity index (χ4n) is 1.94. The molecule has 0 amide bonds. The zero-order valence-corrected chi connectivity index (χ0v) is 11.1. The van der Waals surface area contributed by atoms with Crippen LogP contribution in [0.1, 0.15) is 5.56 Å². The second-order valence-electron chi connectivity index (χ2n) is 4.21. The maximum atomic E-state index is 8.91. The van der Waals surface area contributed by atoms with Crippen molar-refractivity contribution < 1.29 is 4.74 Å². The molecular formula is C13H11N7O. The summed E-state index contributed by atoms with van der Waals surface area (Å²) in [4.78, 5) is 8.20. The number of nitrogens with zero attached hydrogens (tertiary/aromatic N) is 4. The van der Waals surface area contributed by atoms with Crippen LogP contribution in [0.4, 0.5) is 17.5 Å². The summed E-state index contributed by atoms with van der Waals surface area (Å²) in [5.74, 6) is 1.17. The average molecular weight is 281 g/mol. The third kappa shape index (κ3) is 2.28. The van der Waals surface area contributed by atoms with Gasteiger partial charge < -0.3 is 15.8 Å². The summed E-state index contributed by atoms with van der Waals surface area (Å²) in [6, 6.07) is 7.12. The summed E-state index contributed by atoms with van der Waals surface area (Å²) >= 11 is 0. The first-order valence-electron chi connectivity index (χ1n) is 6.03. The van der Waals surface area contributed by atoms with E-state index >= 15 is 0 Å². The molecule has 3 aromatic rings. The molecule has 0 fully saturated rings. The first-order chi connectivity index (χ1) is 10.2. The molecule has 0 saturated carbocycles. The summed E-state index contributed by atoms with van der Waals surface area (Å²) < 4.78 is 5.27. The Morgan fingerprint density at radius 2 is 2.24 bits per heavy atom. The Hall–Kier alpha value is -3.34. The molecule has 0 radical (unpaired) electrons. The predicted molar refractivity (Wildman–Crippen MR) is 77.1 cm³/mol. The number of aromatic nitrogens is 4. The van der Waals surface area contributed by atoms with Crippen LogP contribution in [0.5, 0.6) is 5.75 Å². The quantitative estimate of drug-likeness (QED) is 0.665. The van der Waals surface area contributed by atoms with Crippen molar-refractivity contribution in [2.24, 2.45) is 0 Å². The van der Waals surface area contributed by atoms with Gasteiger partial charge in [0.05, 0.1) is 36.0 Å². The molecular weight excluding hydrogens is 270 g/mol. The van der Waals surface area contributed by atoms with E-state index in [1.807, 2.05) is 0 Å². The number of nitrogens with two attached hydrogens (primary N) is 1. The summed E-state index contributed by atoms with van der Waals surface area (Å²) in [6.45, 7) is 0. The number of hydrogen-bond acceptors (Lipinski definition) is 7. The van der Waals surface area contributed by atoms with Gasteiger partial charge >= 0.3 is 0 Å². The van der Waals surface area contributed by atoms with Crippen molar-refractivity contribution >= 4 is 28.5 Å². The van der Waals surface area contributed by atoms with E-state index in [-0.39, 0.29) is 5.95 Å². The monoisotopic (exact) mass is 281 g/mol. The molecule has 0 unspecified atom stereocenters. The van der Waals surface area contributed by atoms with Crippen molar-refractivity contribution in [3.63, 3.8) is 0 Å². The van der Waals surface area contributed by atoms with E-state index in [1.165, 1.54) is 7.11 Å². The van der Waals surface area contributed by atoms with Crippen molar-refractivity contribution in [3.8, 4) is 11.8 Å². The van der Waals surface area contributed by atoms with Gasteiger partial charge in [0, 0.05) is 6.07 Å². The number of aromatic amines is 1. The molecule has 2 aromatic heterocycles. The fraction of sp³-hybridized carbons (Fsp3) is 0.0769. The lowest BCUT2D eigenvalue weighted by atomic mass is 10.2. The number of ether oxygens (including phenoxy) is 1. The van der Waals surface area contributed by atoms with Gasteiger partial charge in [-0.25, -0.2) is 0 Å². The highest BCUT2D eigenvalue weighted by atomic mass is 16.5. The average Bonchev–Trinajstić information content (AvgIpc) is 2.96. The van der Waals surface area contributed by atoms with Gasteiger partial charge in [0.2, 0.25) is 5.95 Å². The van der Waals surface area contributed by atoms with Crippen molar-refractivity contribution in [2.45, 2.75) is 0 Å². The van der Waals surface area contributed by atoms with E-state index in [0.717, 1.165) is 0 Å². The molecule has 3 rings (SSSR count). The number of nitriles is 1. The summed E-state index contributed by atoms with van der Waals surface area (Å²) in [5, 5.41) is 19.4. The molecule has 1 aromatic carbocycles. The number of methoxy groups -OCH3 is 1. The van der Waals surface area contributed by atoms with Gasteiger partial charge in [-0.15, -0.1) is 0 Å². The maximum Gasteiger partial charge on any atom is 0.224 e. The van der Waals surface area contributed by atoms with E-state index in [2.05, 4.69) is 31.6 Å². The first kappa shape index (κ1) is 12.7. The summed E-state index contributed by atoms with van der Waals surface area (Å²) in [7, 11) is 1.53. The van der Waals surface area contributed by atoms with Crippen LogP contribution in [-0.4, -0.2) is 27.3 Å². The number of nitrogen functional groups attached to an aromatic ring is 1. The van der Waals surface area contributed by atoms with Crippen LogP contribution >= 0.6 is 0 Å². The second-order valence-corrected chi connectivity index (χ2v) is 4.21. The SMILES string of the molecule is COc1cc(C#N)ccc1Nc1nc(N)nc2[nH]ncc12. The van der Waals surface area contributed by atoms with Gasteiger partial charge in [-0.05, 0) is 12.1 Å². The third-order valence-corrected chi connectivity index (χ3v) is 2.91. The fourth-order valence-corrected chi connectivity index (χ4v) is 1.94. The minimum absolute atomic E-state index is 0.127. The van der Waals surface area contributed by atoms with Crippen molar-refractivity contribution in [1.29, 1.82) is 5.26 Å². The van der Waals surface area contributed by atoms with E-state index in [4.69, 9.17) is 15.7 Å². The third-order valence-electron chi connectivity index (χ3n) is 2.91. The van der Waals surface area contributed by atoms with Crippen LogP contribution in [-0.2, 0) is 0 Å². The Bertz CT molecular complexity index is 849. The molecule has 0 spiro atoms. The lowest BCUT2D eigenvalue weighted by Gasteiger charge is -2.11. The van der Waals surface area contributed by atoms with Crippen molar-refractivity contribution in [3.05, 3.63) is 30.0 Å². The van der Waals surface area contributed by atoms with E-state index in [0.29, 0.717) is 33.9 Å². The second kappa shape index (κ2) is 4.97. The molecule has 8 heteroatoms. The number of benzene rings is 1. The van der Waals surface area contributed by atoms with Crippen molar-refractivity contribution in [1.82, 2.24) is 20.2 Å². The molecule has 0 bridgehead atoms. The number of H-pyrrole nitrogens is 1. The summed E-state index contributed by atoms with van der Waals surface area (Å²) in [5.41, 5.74) is 7.38. The van der Waals surface area contributed by atoms with E-state index < -0.39 is 0 Å². The van der Waals surface area contributed by atoms with Crippen LogP contribution in [0, 0.1) is 11.3 Å². The molecule has 0 aliphatic heterocycles. The van der Waals surface area contributed by atoms with Crippen LogP contribution in [0.3, 0.4) is 0 Å². The normalized spacial score (nSPS) is 10.3. The molecule has 0 atom stereocenters. The Labute approximate surface area is 119 Å².